The summed E-state index contributed by atoms with van der Waals surface area (Å²) < 4.78 is 0. The van der Waals surface area contributed by atoms with E-state index in [4.69, 9.17) is 10.5 Å². The topological polar surface area (TPSA) is 47.6 Å². The first-order valence-electron chi connectivity index (χ1n) is 3.85. The van der Waals surface area contributed by atoms with Crippen LogP contribution in [0, 0.1) is 22.7 Å². The standard InChI is InChI=1S/C10H6Br2N2/c11-3-7-1-2-8(5-13)10(6-14)9(7)4-12/h1-2H,3-4H2. The second-order valence-corrected chi connectivity index (χ2v) is 3.74. The van der Waals surface area contributed by atoms with E-state index in [1.54, 1.807) is 6.07 Å². The lowest BCUT2D eigenvalue weighted by Gasteiger charge is -2.07. The predicted octanol–water partition coefficient (Wildman–Crippen LogP) is 3.22. The van der Waals surface area contributed by atoms with Crippen molar-refractivity contribution in [3.05, 3.63) is 34.4 Å². The molecule has 70 valence electrons. The molecule has 4 heteroatoms. The van der Waals surface area contributed by atoms with Crippen molar-refractivity contribution in [1.82, 2.24) is 0 Å². The van der Waals surface area contributed by atoms with Gasteiger partial charge in [-0.25, -0.2) is 0 Å². The number of hydrogen-bond acceptors (Lipinski definition) is 2. The quantitative estimate of drug-likeness (QED) is 0.787. The zero-order valence-electron chi connectivity index (χ0n) is 7.22. The first-order chi connectivity index (χ1) is 6.78. The van der Waals surface area contributed by atoms with E-state index in [9.17, 15) is 0 Å². The van der Waals surface area contributed by atoms with E-state index >= 15 is 0 Å². The molecular weight excluding hydrogens is 308 g/mol. The van der Waals surface area contributed by atoms with Crippen LogP contribution in [0.25, 0.3) is 0 Å². The highest BCUT2D eigenvalue weighted by atomic mass is 79.9. The van der Waals surface area contributed by atoms with Crippen LogP contribution in [0.15, 0.2) is 12.1 Å². The van der Waals surface area contributed by atoms with E-state index in [1.165, 1.54) is 0 Å². The first-order valence-corrected chi connectivity index (χ1v) is 6.09. The lowest BCUT2D eigenvalue weighted by atomic mass is 9.99. The van der Waals surface area contributed by atoms with E-state index in [1.807, 2.05) is 12.1 Å². The van der Waals surface area contributed by atoms with Gasteiger partial charge in [-0.2, -0.15) is 10.5 Å². The average molecular weight is 314 g/mol. The third kappa shape index (κ3) is 1.97. The Hall–Kier alpha value is -0.840. The van der Waals surface area contributed by atoms with Crippen molar-refractivity contribution in [1.29, 1.82) is 10.5 Å². The SMILES string of the molecule is N#Cc1ccc(CBr)c(CBr)c1C#N. The summed E-state index contributed by atoms with van der Waals surface area (Å²) in [5, 5.41) is 19.0. The molecule has 0 bridgehead atoms. The van der Waals surface area contributed by atoms with Crippen LogP contribution < -0.4 is 0 Å². The summed E-state index contributed by atoms with van der Waals surface area (Å²) in [6, 6.07) is 7.63. The molecule has 14 heavy (non-hydrogen) atoms. The van der Waals surface area contributed by atoms with Gasteiger partial charge in [-0.15, -0.1) is 0 Å². The molecule has 0 aliphatic rings. The Labute approximate surface area is 99.4 Å². The summed E-state index contributed by atoms with van der Waals surface area (Å²) >= 11 is 6.67. The maximum atomic E-state index is 8.94. The van der Waals surface area contributed by atoms with E-state index in [0.717, 1.165) is 11.1 Å². The minimum Gasteiger partial charge on any atom is -0.192 e. The molecule has 0 radical (unpaired) electrons. The van der Waals surface area contributed by atoms with Crippen molar-refractivity contribution < 1.29 is 0 Å². The second-order valence-electron chi connectivity index (χ2n) is 2.62. The van der Waals surface area contributed by atoms with Crippen molar-refractivity contribution in [2.45, 2.75) is 10.7 Å². The Balaban J connectivity index is 3.48. The second kappa shape index (κ2) is 5.14. The van der Waals surface area contributed by atoms with Crippen molar-refractivity contribution in [3.8, 4) is 12.1 Å². The number of nitrogens with zero attached hydrogens (tertiary/aromatic N) is 2. The average Bonchev–Trinajstić information content (AvgIpc) is 2.26. The van der Waals surface area contributed by atoms with Gasteiger partial charge in [0.15, 0.2) is 0 Å². The minimum atomic E-state index is 0.437. The molecule has 0 N–H and O–H groups in total. The van der Waals surface area contributed by atoms with E-state index in [2.05, 4.69) is 37.9 Å². The van der Waals surface area contributed by atoms with Crippen LogP contribution in [0.5, 0.6) is 0 Å². The smallest absolute Gasteiger partial charge is 0.101 e. The molecule has 0 heterocycles. The first kappa shape index (κ1) is 11.2. The van der Waals surface area contributed by atoms with Gasteiger partial charge >= 0.3 is 0 Å². The van der Waals surface area contributed by atoms with Crippen LogP contribution in [0.2, 0.25) is 0 Å². The number of rotatable bonds is 2. The molecule has 0 aliphatic carbocycles. The molecule has 2 nitrogen and oxygen atoms in total. The molecule has 0 saturated carbocycles. The number of hydrogen-bond donors (Lipinski definition) is 0. The largest absolute Gasteiger partial charge is 0.192 e. The minimum absolute atomic E-state index is 0.437. The van der Waals surface area contributed by atoms with Crippen LogP contribution in [0.3, 0.4) is 0 Å². The molecule has 1 rings (SSSR count). The summed E-state index contributed by atoms with van der Waals surface area (Å²) in [7, 11) is 0. The third-order valence-corrected chi connectivity index (χ3v) is 3.08. The summed E-state index contributed by atoms with van der Waals surface area (Å²) in [5.41, 5.74) is 2.84. The van der Waals surface area contributed by atoms with Gasteiger partial charge in [-0.05, 0) is 17.2 Å². The normalized spacial score (nSPS) is 9.14. The Kier molecular flexibility index (Phi) is 4.13. The van der Waals surface area contributed by atoms with Crippen molar-refractivity contribution in [3.63, 3.8) is 0 Å². The van der Waals surface area contributed by atoms with Crippen LogP contribution in [-0.2, 0) is 10.7 Å². The number of alkyl halides is 2. The van der Waals surface area contributed by atoms with Crippen LogP contribution in [0.1, 0.15) is 22.3 Å². The number of halogens is 2. The van der Waals surface area contributed by atoms with Gasteiger partial charge < -0.3 is 0 Å². The van der Waals surface area contributed by atoms with Crippen molar-refractivity contribution >= 4 is 31.9 Å². The third-order valence-electron chi connectivity index (χ3n) is 1.92. The van der Waals surface area contributed by atoms with Gasteiger partial charge in [0.2, 0.25) is 0 Å². The van der Waals surface area contributed by atoms with E-state index in [-0.39, 0.29) is 0 Å². The van der Waals surface area contributed by atoms with Crippen LogP contribution in [-0.4, -0.2) is 0 Å². The van der Waals surface area contributed by atoms with Gasteiger partial charge in [0.05, 0.1) is 11.1 Å². The molecular formula is C10H6Br2N2. The molecule has 0 atom stereocenters. The fourth-order valence-corrected chi connectivity index (χ4v) is 2.36. The molecule has 0 spiro atoms. The van der Waals surface area contributed by atoms with Crippen molar-refractivity contribution in [2.75, 3.05) is 0 Å². The van der Waals surface area contributed by atoms with Gasteiger partial charge in [0.25, 0.3) is 0 Å². The van der Waals surface area contributed by atoms with Crippen LogP contribution >= 0.6 is 31.9 Å². The monoisotopic (exact) mass is 312 g/mol. The summed E-state index contributed by atoms with van der Waals surface area (Å²) in [5.74, 6) is 0. The molecule has 0 unspecified atom stereocenters. The fraction of sp³-hybridized carbons (Fsp3) is 0.200. The lowest BCUT2D eigenvalue weighted by molar-refractivity contribution is 1.26. The zero-order chi connectivity index (χ0) is 10.6. The van der Waals surface area contributed by atoms with E-state index in [0.29, 0.717) is 21.8 Å². The van der Waals surface area contributed by atoms with Gasteiger partial charge in [0, 0.05) is 10.7 Å². The maximum Gasteiger partial charge on any atom is 0.101 e. The lowest BCUT2D eigenvalue weighted by Crippen LogP contribution is -1.96. The highest BCUT2D eigenvalue weighted by Crippen LogP contribution is 2.22. The molecule has 0 amide bonds. The Morgan fingerprint density at radius 2 is 1.79 bits per heavy atom. The molecule has 1 aromatic rings. The number of benzene rings is 1. The van der Waals surface area contributed by atoms with Gasteiger partial charge in [-0.3, -0.25) is 0 Å². The Bertz CT molecular complexity index is 427. The number of nitriles is 2. The zero-order valence-corrected chi connectivity index (χ0v) is 10.4. The molecule has 1 aromatic carbocycles. The van der Waals surface area contributed by atoms with Crippen molar-refractivity contribution in [2.24, 2.45) is 0 Å². The summed E-state index contributed by atoms with van der Waals surface area (Å²) in [6.07, 6.45) is 0. The van der Waals surface area contributed by atoms with Gasteiger partial charge in [0.1, 0.15) is 12.1 Å². The van der Waals surface area contributed by atoms with Crippen LogP contribution in [0.4, 0.5) is 0 Å². The Morgan fingerprint density at radius 1 is 1.07 bits per heavy atom. The highest BCUT2D eigenvalue weighted by Gasteiger charge is 2.10. The summed E-state index contributed by atoms with van der Waals surface area (Å²) in [4.78, 5) is 0. The highest BCUT2D eigenvalue weighted by molar-refractivity contribution is 9.09. The molecule has 0 aromatic heterocycles. The molecule has 0 saturated heterocycles. The predicted molar refractivity (Wildman–Crippen MR) is 61.1 cm³/mol. The maximum absolute atomic E-state index is 8.94. The summed E-state index contributed by atoms with van der Waals surface area (Å²) in [6.45, 7) is 0. The molecule has 0 aliphatic heterocycles. The van der Waals surface area contributed by atoms with Gasteiger partial charge in [-0.1, -0.05) is 37.9 Å². The van der Waals surface area contributed by atoms with E-state index < -0.39 is 0 Å². The molecule has 0 fully saturated rings. The fourth-order valence-electron chi connectivity index (χ4n) is 1.19. The Morgan fingerprint density at radius 3 is 2.21 bits per heavy atom.